The zero-order chi connectivity index (χ0) is 19.4. The molecule has 27 heavy (non-hydrogen) atoms. The summed E-state index contributed by atoms with van der Waals surface area (Å²) in [7, 11) is 0. The lowest BCUT2D eigenvalue weighted by Crippen LogP contribution is -2.16. The Balaban J connectivity index is 1.70. The topological polar surface area (TPSA) is 59.8 Å². The summed E-state index contributed by atoms with van der Waals surface area (Å²) in [6.45, 7) is 6.77. The molecular weight excluding hydrogens is 424 g/mol. The van der Waals surface area contributed by atoms with Crippen LogP contribution < -0.4 is 5.32 Å². The van der Waals surface area contributed by atoms with Gasteiger partial charge in [0.1, 0.15) is 0 Å². The Labute approximate surface area is 171 Å². The highest BCUT2D eigenvalue weighted by Gasteiger charge is 2.15. The summed E-state index contributed by atoms with van der Waals surface area (Å²) in [6, 6.07) is 13.9. The molecule has 1 N–H and O–H groups in total. The van der Waals surface area contributed by atoms with Gasteiger partial charge in [0.15, 0.2) is 11.0 Å². The second-order valence-corrected chi connectivity index (χ2v) is 8.03. The van der Waals surface area contributed by atoms with Gasteiger partial charge in [-0.2, -0.15) is 0 Å². The second-order valence-electron chi connectivity index (χ2n) is 6.17. The maximum atomic E-state index is 12.5. The summed E-state index contributed by atoms with van der Waals surface area (Å²) < 4.78 is 3.04. The molecule has 0 unspecified atom stereocenters. The standard InChI is InChI=1S/C20H21BrN4OS/c1-4-25-19(15-8-6-5-7-9-15)23-24-20(25)27-12-17(26)22-18-13(2)10-16(21)11-14(18)3/h5-11H,4,12H2,1-3H3,(H,22,26). The molecule has 7 heteroatoms. The number of aryl methyl sites for hydroxylation is 2. The van der Waals surface area contributed by atoms with Gasteiger partial charge >= 0.3 is 0 Å². The average Bonchev–Trinajstić information content (AvgIpc) is 3.06. The van der Waals surface area contributed by atoms with Crippen molar-refractivity contribution in [1.29, 1.82) is 0 Å². The first-order valence-corrected chi connectivity index (χ1v) is 10.5. The van der Waals surface area contributed by atoms with E-state index in [0.717, 1.165) is 44.4 Å². The Morgan fingerprint density at radius 3 is 2.44 bits per heavy atom. The zero-order valence-corrected chi connectivity index (χ0v) is 17.9. The van der Waals surface area contributed by atoms with Crippen LogP contribution in [0, 0.1) is 13.8 Å². The molecule has 3 aromatic rings. The molecule has 1 heterocycles. The normalized spacial score (nSPS) is 10.8. The lowest BCUT2D eigenvalue weighted by molar-refractivity contribution is -0.113. The van der Waals surface area contributed by atoms with Gasteiger partial charge in [0.25, 0.3) is 0 Å². The quantitative estimate of drug-likeness (QED) is 0.538. The Morgan fingerprint density at radius 2 is 1.81 bits per heavy atom. The van der Waals surface area contributed by atoms with E-state index in [1.807, 2.05) is 60.9 Å². The van der Waals surface area contributed by atoms with Crippen LogP contribution in [0.1, 0.15) is 18.1 Å². The molecule has 3 rings (SSSR count). The Hall–Kier alpha value is -2.12. The van der Waals surface area contributed by atoms with Crippen molar-refractivity contribution in [2.45, 2.75) is 32.5 Å². The van der Waals surface area contributed by atoms with Crippen molar-refractivity contribution in [2.75, 3.05) is 11.1 Å². The molecule has 0 aliphatic carbocycles. The van der Waals surface area contributed by atoms with Gasteiger partial charge in [-0.3, -0.25) is 4.79 Å². The fourth-order valence-electron chi connectivity index (χ4n) is 2.89. The van der Waals surface area contributed by atoms with Crippen LogP contribution in [0.2, 0.25) is 0 Å². The van der Waals surface area contributed by atoms with Crippen LogP contribution in [0.5, 0.6) is 0 Å². The van der Waals surface area contributed by atoms with E-state index in [9.17, 15) is 4.79 Å². The van der Waals surface area contributed by atoms with Gasteiger partial charge in [-0.1, -0.05) is 58.0 Å². The highest BCUT2D eigenvalue weighted by atomic mass is 79.9. The van der Waals surface area contributed by atoms with Crippen molar-refractivity contribution in [3.8, 4) is 11.4 Å². The van der Waals surface area contributed by atoms with Crippen molar-refractivity contribution in [3.05, 3.63) is 58.1 Å². The Morgan fingerprint density at radius 1 is 1.15 bits per heavy atom. The largest absolute Gasteiger partial charge is 0.325 e. The monoisotopic (exact) mass is 444 g/mol. The summed E-state index contributed by atoms with van der Waals surface area (Å²) in [5.74, 6) is 1.04. The molecule has 0 saturated heterocycles. The van der Waals surface area contributed by atoms with Crippen LogP contribution in [0.4, 0.5) is 5.69 Å². The predicted molar refractivity (Wildman–Crippen MR) is 114 cm³/mol. The fraction of sp³-hybridized carbons (Fsp3) is 0.250. The summed E-state index contributed by atoms with van der Waals surface area (Å²) in [6.07, 6.45) is 0. The van der Waals surface area contributed by atoms with E-state index in [0.29, 0.717) is 0 Å². The third-order valence-electron chi connectivity index (χ3n) is 4.16. The lowest BCUT2D eigenvalue weighted by atomic mass is 10.1. The molecule has 0 aliphatic heterocycles. The highest BCUT2D eigenvalue weighted by Crippen LogP contribution is 2.27. The molecule has 0 fully saturated rings. The van der Waals surface area contributed by atoms with Crippen molar-refractivity contribution < 1.29 is 4.79 Å². The van der Waals surface area contributed by atoms with Crippen LogP contribution in [0.15, 0.2) is 52.1 Å². The van der Waals surface area contributed by atoms with Crippen LogP contribution >= 0.6 is 27.7 Å². The first-order chi connectivity index (χ1) is 13.0. The average molecular weight is 445 g/mol. The van der Waals surface area contributed by atoms with Gasteiger partial charge in [-0.05, 0) is 44.0 Å². The van der Waals surface area contributed by atoms with Gasteiger partial charge in [-0.15, -0.1) is 10.2 Å². The first kappa shape index (κ1) is 19.6. The number of anilines is 1. The number of hydrogen-bond donors (Lipinski definition) is 1. The lowest BCUT2D eigenvalue weighted by Gasteiger charge is -2.12. The van der Waals surface area contributed by atoms with Crippen molar-refractivity contribution in [3.63, 3.8) is 0 Å². The number of thioether (sulfide) groups is 1. The van der Waals surface area contributed by atoms with Crippen molar-refractivity contribution in [1.82, 2.24) is 14.8 Å². The van der Waals surface area contributed by atoms with Crippen LogP contribution in [-0.2, 0) is 11.3 Å². The van der Waals surface area contributed by atoms with Gasteiger partial charge in [0.2, 0.25) is 5.91 Å². The van der Waals surface area contributed by atoms with Gasteiger partial charge < -0.3 is 9.88 Å². The van der Waals surface area contributed by atoms with E-state index in [4.69, 9.17) is 0 Å². The summed E-state index contributed by atoms with van der Waals surface area (Å²) in [4.78, 5) is 12.5. The molecule has 0 saturated carbocycles. The number of benzene rings is 2. The van der Waals surface area contributed by atoms with E-state index >= 15 is 0 Å². The van der Waals surface area contributed by atoms with E-state index in [1.54, 1.807) is 0 Å². The molecule has 5 nitrogen and oxygen atoms in total. The van der Waals surface area contributed by atoms with Crippen LogP contribution in [0.3, 0.4) is 0 Å². The summed E-state index contributed by atoms with van der Waals surface area (Å²) in [5, 5.41) is 12.4. The zero-order valence-electron chi connectivity index (χ0n) is 15.5. The number of rotatable bonds is 6. The Kier molecular flexibility index (Phi) is 6.34. The molecule has 0 atom stereocenters. The highest BCUT2D eigenvalue weighted by molar-refractivity contribution is 9.10. The minimum atomic E-state index is -0.0552. The van der Waals surface area contributed by atoms with Crippen LogP contribution in [0.25, 0.3) is 11.4 Å². The SMILES string of the molecule is CCn1c(SCC(=O)Nc2c(C)cc(Br)cc2C)nnc1-c1ccccc1. The number of nitrogens with one attached hydrogen (secondary N) is 1. The minimum Gasteiger partial charge on any atom is -0.325 e. The van der Waals surface area contributed by atoms with Gasteiger partial charge in [0.05, 0.1) is 5.75 Å². The van der Waals surface area contributed by atoms with E-state index in [2.05, 4.69) is 38.4 Å². The second kappa shape index (κ2) is 8.71. The van der Waals surface area contributed by atoms with Crippen molar-refractivity contribution in [2.24, 2.45) is 0 Å². The molecule has 1 amide bonds. The summed E-state index contributed by atoms with van der Waals surface area (Å²) >= 11 is 4.87. The fourth-order valence-corrected chi connectivity index (χ4v) is 4.38. The minimum absolute atomic E-state index is 0.0552. The number of amides is 1. The molecule has 2 aromatic carbocycles. The predicted octanol–water partition coefficient (Wildman–Crippen LogP) is 5.08. The molecule has 0 aliphatic rings. The maximum absolute atomic E-state index is 12.5. The molecule has 140 valence electrons. The Bertz CT molecular complexity index is 933. The number of halogens is 1. The smallest absolute Gasteiger partial charge is 0.234 e. The van der Waals surface area contributed by atoms with Gasteiger partial charge in [0, 0.05) is 22.3 Å². The number of nitrogens with zero attached hydrogens (tertiary/aromatic N) is 3. The molecule has 0 radical (unpaired) electrons. The van der Waals surface area contributed by atoms with E-state index in [1.165, 1.54) is 11.8 Å². The van der Waals surface area contributed by atoms with Crippen molar-refractivity contribution >= 4 is 39.3 Å². The molecular formula is C20H21BrN4OS. The maximum Gasteiger partial charge on any atom is 0.234 e. The number of carbonyl (C=O) groups excluding carboxylic acids is 1. The van der Waals surface area contributed by atoms with Crippen LogP contribution in [-0.4, -0.2) is 26.4 Å². The molecule has 1 aromatic heterocycles. The summed E-state index contributed by atoms with van der Waals surface area (Å²) in [5.41, 5.74) is 3.95. The van der Waals surface area contributed by atoms with E-state index < -0.39 is 0 Å². The molecule has 0 bridgehead atoms. The van der Waals surface area contributed by atoms with E-state index in [-0.39, 0.29) is 11.7 Å². The first-order valence-electron chi connectivity index (χ1n) is 8.67. The number of aromatic nitrogens is 3. The molecule has 0 spiro atoms. The van der Waals surface area contributed by atoms with Gasteiger partial charge in [-0.25, -0.2) is 0 Å². The number of carbonyl (C=O) groups is 1. The third-order valence-corrected chi connectivity index (χ3v) is 5.58. The third kappa shape index (κ3) is 4.59. The number of hydrogen-bond acceptors (Lipinski definition) is 4.